The smallest absolute Gasteiger partial charge is 0.270 e. The molecule has 0 aromatic carbocycles. The molecule has 0 saturated heterocycles. The van der Waals surface area contributed by atoms with Crippen molar-refractivity contribution >= 4 is 23.4 Å². The number of pyridine rings is 1. The van der Waals surface area contributed by atoms with Gasteiger partial charge < -0.3 is 10.6 Å². The Balaban J connectivity index is 2.39. The van der Waals surface area contributed by atoms with Gasteiger partial charge in [-0.25, -0.2) is 4.98 Å². The summed E-state index contributed by atoms with van der Waals surface area (Å²) in [6, 6.07) is 4.74. The van der Waals surface area contributed by atoms with Crippen molar-refractivity contribution in [1.29, 1.82) is 0 Å². The summed E-state index contributed by atoms with van der Waals surface area (Å²) in [5.74, 6) is -0.268. The molecule has 0 aliphatic carbocycles. The average Bonchev–Trinajstić information content (AvgIpc) is 2.33. The largest absolute Gasteiger partial charge is 0.354 e. The van der Waals surface area contributed by atoms with E-state index in [1.165, 1.54) is 6.07 Å². The molecule has 98 valence electrons. The highest BCUT2D eigenvalue weighted by atomic mass is 35.5. The van der Waals surface area contributed by atoms with Crippen LogP contribution in [0.25, 0.3) is 0 Å². The molecule has 2 amide bonds. The molecule has 1 aromatic heterocycles. The number of nitrogens with one attached hydrogen (secondary N) is 2. The second kappa shape index (κ2) is 6.96. The van der Waals surface area contributed by atoms with E-state index in [1.807, 2.05) is 13.8 Å². The van der Waals surface area contributed by atoms with Gasteiger partial charge >= 0.3 is 0 Å². The van der Waals surface area contributed by atoms with Crippen molar-refractivity contribution in [2.45, 2.75) is 13.8 Å². The zero-order valence-corrected chi connectivity index (χ0v) is 11.1. The highest BCUT2D eigenvalue weighted by Crippen LogP contribution is 2.04. The van der Waals surface area contributed by atoms with Gasteiger partial charge in [-0.1, -0.05) is 31.5 Å². The van der Waals surface area contributed by atoms with Crippen LogP contribution in [0.3, 0.4) is 0 Å². The molecule has 2 N–H and O–H groups in total. The van der Waals surface area contributed by atoms with Gasteiger partial charge in [0.2, 0.25) is 5.91 Å². The van der Waals surface area contributed by atoms with Crippen LogP contribution in [-0.2, 0) is 4.79 Å². The van der Waals surface area contributed by atoms with Gasteiger partial charge in [0, 0.05) is 6.54 Å². The maximum Gasteiger partial charge on any atom is 0.270 e. The van der Waals surface area contributed by atoms with E-state index in [-0.39, 0.29) is 23.3 Å². The number of rotatable bonds is 5. The summed E-state index contributed by atoms with van der Waals surface area (Å²) in [6.07, 6.45) is 0. The summed E-state index contributed by atoms with van der Waals surface area (Å²) in [6.45, 7) is 4.51. The van der Waals surface area contributed by atoms with Crippen molar-refractivity contribution < 1.29 is 9.59 Å². The van der Waals surface area contributed by atoms with E-state index in [4.69, 9.17) is 11.6 Å². The number of carbonyl (C=O) groups excluding carboxylic acids is 2. The molecule has 0 atom stereocenters. The Kier molecular flexibility index (Phi) is 5.58. The Bertz CT molecular complexity index is 435. The first kappa shape index (κ1) is 14.4. The number of hydrogen-bond acceptors (Lipinski definition) is 3. The van der Waals surface area contributed by atoms with Crippen LogP contribution >= 0.6 is 11.6 Å². The van der Waals surface area contributed by atoms with Crippen LogP contribution in [0.4, 0.5) is 0 Å². The molecule has 0 radical (unpaired) electrons. The summed E-state index contributed by atoms with van der Waals surface area (Å²) in [5, 5.41) is 5.42. The summed E-state index contributed by atoms with van der Waals surface area (Å²) in [5.41, 5.74) is 0.194. The monoisotopic (exact) mass is 269 g/mol. The number of hydrogen-bond donors (Lipinski definition) is 2. The SMILES string of the molecule is CC(C)CNC(=O)CNC(=O)c1cccc(Cl)n1. The minimum atomic E-state index is -0.419. The molecule has 1 aromatic rings. The van der Waals surface area contributed by atoms with Gasteiger partial charge in [0.05, 0.1) is 6.54 Å². The molecule has 1 heterocycles. The number of amides is 2. The molecule has 0 fully saturated rings. The molecule has 5 nitrogen and oxygen atoms in total. The van der Waals surface area contributed by atoms with Gasteiger partial charge in [0.1, 0.15) is 10.8 Å². The van der Waals surface area contributed by atoms with Crippen LogP contribution in [0.1, 0.15) is 24.3 Å². The first-order valence-electron chi connectivity index (χ1n) is 5.66. The van der Waals surface area contributed by atoms with E-state index in [2.05, 4.69) is 15.6 Å². The lowest BCUT2D eigenvalue weighted by Crippen LogP contribution is -2.38. The van der Waals surface area contributed by atoms with E-state index in [0.717, 1.165) is 0 Å². The highest BCUT2D eigenvalue weighted by Gasteiger charge is 2.09. The van der Waals surface area contributed by atoms with Crippen molar-refractivity contribution in [3.63, 3.8) is 0 Å². The van der Waals surface area contributed by atoms with Crippen LogP contribution in [0.2, 0.25) is 5.15 Å². The summed E-state index contributed by atoms with van der Waals surface area (Å²) in [7, 11) is 0. The topological polar surface area (TPSA) is 71.1 Å². The molecule has 0 unspecified atom stereocenters. The maximum atomic E-state index is 11.6. The molecule has 0 aliphatic rings. The molecule has 1 rings (SSSR count). The van der Waals surface area contributed by atoms with E-state index >= 15 is 0 Å². The van der Waals surface area contributed by atoms with Gasteiger partial charge in [-0.15, -0.1) is 0 Å². The first-order valence-corrected chi connectivity index (χ1v) is 6.04. The lowest BCUT2D eigenvalue weighted by molar-refractivity contribution is -0.120. The maximum absolute atomic E-state index is 11.6. The Morgan fingerprint density at radius 3 is 2.67 bits per heavy atom. The summed E-state index contributed by atoms with van der Waals surface area (Å²) < 4.78 is 0. The Labute approximate surface area is 111 Å². The van der Waals surface area contributed by atoms with E-state index < -0.39 is 5.91 Å². The first-order chi connectivity index (χ1) is 8.49. The van der Waals surface area contributed by atoms with Gasteiger partial charge in [-0.05, 0) is 18.1 Å². The number of carbonyl (C=O) groups is 2. The molecule has 6 heteroatoms. The van der Waals surface area contributed by atoms with Crippen molar-refractivity contribution in [2.75, 3.05) is 13.1 Å². The lowest BCUT2D eigenvalue weighted by atomic mass is 10.2. The lowest BCUT2D eigenvalue weighted by Gasteiger charge is -2.08. The van der Waals surface area contributed by atoms with E-state index in [0.29, 0.717) is 12.5 Å². The van der Waals surface area contributed by atoms with Crippen molar-refractivity contribution in [3.05, 3.63) is 29.0 Å². The number of nitrogens with zero attached hydrogens (tertiary/aromatic N) is 1. The molecule has 0 spiro atoms. The fourth-order valence-corrected chi connectivity index (χ4v) is 1.33. The zero-order valence-electron chi connectivity index (χ0n) is 10.4. The Morgan fingerprint density at radius 1 is 1.33 bits per heavy atom. The predicted octanol–water partition coefficient (Wildman–Crippen LogP) is 1.24. The van der Waals surface area contributed by atoms with Gasteiger partial charge in [0.25, 0.3) is 5.91 Å². The minimum absolute atomic E-state index is 0.0697. The summed E-state index contributed by atoms with van der Waals surface area (Å²) in [4.78, 5) is 26.9. The highest BCUT2D eigenvalue weighted by molar-refractivity contribution is 6.29. The van der Waals surface area contributed by atoms with Crippen LogP contribution < -0.4 is 10.6 Å². The minimum Gasteiger partial charge on any atom is -0.354 e. The molecular weight excluding hydrogens is 254 g/mol. The standard InChI is InChI=1S/C12H16ClN3O2/c1-8(2)6-14-11(17)7-15-12(18)9-4-3-5-10(13)16-9/h3-5,8H,6-7H2,1-2H3,(H,14,17)(H,15,18). The average molecular weight is 270 g/mol. The third kappa shape index (κ3) is 5.14. The number of aromatic nitrogens is 1. The normalized spacial score (nSPS) is 10.2. The van der Waals surface area contributed by atoms with Crippen LogP contribution in [-0.4, -0.2) is 29.9 Å². The Morgan fingerprint density at radius 2 is 2.06 bits per heavy atom. The fourth-order valence-electron chi connectivity index (χ4n) is 1.17. The van der Waals surface area contributed by atoms with Gasteiger partial charge in [0.15, 0.2) is 0 Å². The number of halogens is 1. The fraction of sp³-hybridized carbons (Fsp3) is 0.417. The van der Waals surface area contributed by atoms with E-state index in [9.17, 15) is 9.59 Å². The molecule has 0 bridgehead atoms. The van der Waals surface area contributed by atoms with E-state index in [1.54, 1.807) is 12.1 Å². The summed E-state index contributed by atoms with van der Waals surface area (Å²) >= 11 is 5.67. The third-order valence-electron chi connectivity index (χ3n) is 2.06. The van der Waals surface area contributed by atoms with Crippen molar-refractivity contribution in [2.24, 2.45) is 5.92 Å². The zero-order chi connectivity index (χ0) is 13.5. The third-order valence-corrected chi connectivity index (χ3v) is 2.28. The van der Waals surface area contributed by atoms with Gasteiger partial charge in [-0.2, -0.15) is 0 Å². The van der Waals surface area contributed by atoms with Crippen LogP contribution in [0.5, 0.6) is 0 Å². The predicted molar refractivity (Wildman–Crippen MR) is 69.4 cm³/mol. The molecule has 0 saturated carbocycles. The Hall–Kier alpha value is -1.62. The second-order valence-corrected chi connectivity index (χ2v) is 4.61. The van der Waals surface area contributed by atoms with Crippen LogP contribution in [0, 0.1) is 5.92 Å². The molecule has 0 aliphatic heterocycles. The molecular formula is C12H16ClN3O2. The van der Waals surface area contributed by atoms with Gasteiger partial charge in [-0.3, -0.25) is 9.59 Å². The molecule has 18 heavy (non-hydrogen) atoms. The van der Waals surface area contributed by atoms with Crippen molar-refractivity contribution in [1.82, 2.24) is 15.6 Å². The van der Waals surface area contributed by atoms with Crippen LogP contribution in [0.15, 0.2) is 18.2 Å². The quantitative estimate of drug-likeness (QED) is 0.790. The van der Waals surface area contributed by atoms with Crippen molar-refractivity contribution in [3.8, 4) is 0 Å². The second-order valence-electron chi connectivity index (χ2n) is 4.23.